The average Bonchev–Trinajstić information content (AvgIpc) is 3.33. The average molecular weight is 1020 g/mol. The Bertz CT molecular complexity index is 2620. The molecule has 3 amide bonds. The molecule has 388 valence electrons. The number of alkyl halides is 6. The molecule has 0 radical (unpaired) electrons. The van der Waals surface area contributed by atoms with Gasteiger partial charge in [-0.3, -0.25) is 19.7 Å². The number of anilines is 2. The molecule has 72 heavy (non-hydrogen) atoms. The van der Waals surface area contributed by atoms with Gasteiger partial charge in [-0.25, -0.2) is 14.4 Å². The number of piperidine rings is 1. The van der Waals surface area contributed by atoms with Crippen molar-refractivity contribution in [2.45, 2.75) is 69.6 Å². The maximum Gasteiger partial charge on any atom is 0.490 e. The smallest absolute Gasteiger partial charge is 0.490 e. The number of phenols is 1. The van der Waals surface area contributed by atoms with E-state index in [9.17, 15) is 55.7 Å². The Morgan fingerprint density at radius 3 is 2.03 bits per heavy atom. The lowest BCUT2D eigenvalue weighted by Crippen LogP contribution is -2.40. The van der Waals surface area contributed by atoms with Crippen LogP contribution in [-0.4, -0.2) is 123 Å². The number of halogens is 6. The minimum atomic E-state index is -5.08. The van der Waals surface area contributed by atoms with Crippen molar-refractivity contribution < 1.29 is 75.5 Å². The summed E-state index contributed by atoms with van der Waals surface area (Å²) in [6.07, 6.45) is -8.14. The van der Waals surface area contributed by atoms with Crippen molar-refractivity contribution in [1.82, 2.24) is 20.1 Å². The summed E-state index contributed by atoms with van der Waals surface area (Å²) >= 11 is 0. The number of nitrogens with zero attached hydrogens (tertiary/aromatic N) is 2. The van der Waals surface area contributed by atoms with Crippen LogP contribution in [0.5, 0.6) is 5.75 Å². The number of carbonyl (C=O) groups is 5. The second-order valence-corrected chi connectivity index (χ2v) is 16.3. The van der Waals surface area contributed by atoms with Gasteiger partial charge < -0.3 is 50.6 Å². The van der Waals surface area contributed by atoms with Crippen molar-refractivity contribution >= 4 is 52.1 Å². The maximum atomic E-state index is 12.8. The van der Waals surface area contributed by atoms with Gasteiger partial charge in [-0.2, -0.15) is 26.3 Å². The Kier molecular flexibility index (Phi) is 21.6. The van der Waals surface area contributed by atoms with Crippen LogP contribution >= 0.6 is 0 Å². The highest BCUT2D eigenvalue weighted by molar-refractivity contribution is 5.92. The predicted octanol–water partition coefficient (Wildman–Crippen LogP) is 7.66. The van der Waals surface area contributed by atoms with Crippen molar-refractivity contribution in [2.24, 2.45) is 0 Å². The number of carbonyl (C=O) groups excluding carboxylic acids is 3. The lowest BCUT2D eigenvalue weighted by atomic mass is 10.0. The number of aromatic amines is 1. The molecule has 1 aliphatic rings. The monoisotopic (exact) mass is 1020 g/mol. The van der Waals surface area contributed by atoms with E-state index in [1.807, 2.05) is 78.9 Å². The number of unbranched alkanes of at least 4 members (excludes halogenated alkanes) is 1. The fourth-order valence-corrected chi connectivity index (χ4v) is 7.15. The fourth-order valence-electron chi connectivity index (χ4n) is 7.15. The summed E-state index contributed by atoms with van der Waals surface area (Å²) < 4.78 is 69.2. The quantitative estimate of drug-likeness (QED) is 0.0330. The summed E-state index contributed by atoms with van der Waals surface area (Å²) in [7, 11) is 1.80. The minimum absolute atomic E-state index is 0.0570. The van der Waals surface area contributed by atoms with Crippen molar-refractivity contribution in [3.05, 3.63) is 125 Å². The number of hydrogen-bond acceptors (Lipinski definition) is 11. The Balaban J connectivity index is 0.000000703. The second kappa shape index (κ2) is 27.2. The number of aliphatic hydroxyl groups excluding tert-OH is 1. The first-order valence-corrected chi connectivity index (χ1v) is 22.3. The van der Waals surface area contributed by atoms with Gasteiger partial charge in [-0.15, -0.1) is 0 Å². The van der Waals surface area contributed by atoms with Gasteiger partial charge in [0.15, 0.2) is 0 Å². The van der Waals surface area contributed by atoms with Gasteiger partial charge >= 0.3 is 30.4 Å². The van der Waals surface area contributed by atoms with Crippen molar-refractivity contribution in [3.63, 3.8) is 0 Å². The molecular formula is C49H54F6N6O11. The van der Waals surface area contributed by atoms with E-state index in [2.05, 4.69) is 25.8 Å². The molecule has 5 aromatic rings. The molecule has 2 heterocycles. The van der Waals surface area contributed by atoms with Crippen LogP contribution in [0.4, 0.5) is 42.5 Å². The molecule has 8 N–H and O–H groups in total. The number of aromatic hydroxyl groups is 1. The normalized spacial score (nSPS) is 13.3. The highest BCUT2D eigenvalue weighted by Gasteiger charge is 2.39. The molecule has 4 aromatic carbocycles. The van der Waals surface area contributed by atoms with Crippen molar-refractivity contribution in [1.29, 1.82) is 0 Å². The number of likely N-dealkylation sites (tertiary alicyclic amines) is 1. The van der Waals surface area contributed by atoms with Gasteiger partial charge in [0, 0.05) is 81.9 Å². The van der Waals surface area contributed by atoms with E-state index in [1.165, 1.54) is 12.1 Å². The molecule has 1 saturated heterocycles. The third-order valence-corrected chi connectivity index (χ3v) is 10.9. The standard InChI is InChI=1S/C45H52N6O7.2C2HF3O2/c1-50(43(56)24-28-51-26-22-34(23-27-51)58-45(57)48-38-12-6-5-11-35(38)32-9-3-2-4-10-32)25-8-7-13-41(54)47-33-16-14-31(15-17-33)29-46-30-40(53)36-18-20-39(52)44-37(36)19-21-42(55)49-44;2*3-2(4,5)1(6)7/h2-6,9-12,14-21,34,40,46,52-53H,7-8,13,22-30H2,1H3,(H,47,54)(H,48,57)(H,49,55);2*(H,6,7). The zero-order valence-corrected chi connectivity index (χ0v) is 38.8. The third kappa shape index (κ3) is 19.0. The van der Waals surface area contributed by atoms with Gasteiger partial charge in [0.25, 0.3) is 0 Å². The third-order valence-electron chi connectivity index (χ3n) is 10.9. The number of amides is 3. The number of nitrogens with one attached hydrogen (secondary N) is 4. The lowest BCUT2D eigenvalue weighted by Gasteiger charge is -2.31. The summed E-state index contributed by atoms with van der Waals surface area (Å²) in [5.41, 5.74) is 4.86. The van der Waals surface area contributed by atoms with E-state index >= 15 is 0 Å². The number of benzene rings is 4. The van der Waals surface area contributed by atoms with Crippen LogP contribution in [-0.2, 0) is 30.5 Å². The molecule has 1 fully saturated rings. The summed E-state index contributed by atoms with van der Waals surface area (Å²) in [5, 5.41) is 44.8. The van der Waals surface area contributed by atoms with Crippen LogP contribution in [0.1, 0.15) is 55.8 Å². The maximum absolute atomic E-state index is 12.8. The Morgan fingerprint density at radius 1 is 0.792 bits per heavy atom. The molecule has 0 saturated carbocycles. The van der Waals surface area contributed by atoms with Crippen LogP contribution in [0.15, 0.2) is 108 Å². The summed E-state index contributed by atoms with van der Waals surface area (Å²) in [5.74, 6) is -5.60. The number of para-hydroxylation sites is 1. The first-order valence-electron chi connectivity index (χ1n) is 22.3. The van der Waals surface area contributed by atoms with Crippen LogP contribution in [0.3, 0.4) is 0 Å². The van der Waals surface area contributed by atoms with Gasteiger partial charge in [-0.05, 0) is 72.7 Å². The highest BCUT2D eigenvalue weighted by atomic mass is 19.4. The fraction of sp³-hybridized carbons (Fsp3) is 0.347. The lowest BCUT2D eigenvalue weighted by molar-refractivity contribution is -0.193. The van der Waals surface area contributed by atoms with E-state index in [-0.39, 0.29) is 35.8 Å². The largest absolute Gasteiger partial charge is 0.506 e. The number of H-pyrrole nitrogens is 1. The SMILES string of the molecule is CN(CCCCC(=O)Nc1ccc(CNCC(O)c2ccc(O)c3[nH]c(=O)ccc23)cc1)C(=O)CCN1CCC(OC(=O)Nc2ccccc2-c2ccccc2)CC1.O=C(O)C(F)(F)F.O=C(O)C(F)(F)F. The second-order valence-electron chi connectivity index (χ2n) is 16.3. The van der Waals surface area contributed by atoms with Gasteiger partial charge in [0.2, 0.25) is 17.4 Å². The molecular weight excluding hydrogens is 963 g/mol. The molecule has 0 aliphatic carbocycles. The summed E-state index contributed by atoms with van der Waals surface area (Å²) in [4.78, 5) is 74.2. The number of pyridine rings is 1. The van der Waals surface area contributed by atoms with E-state index in [0.717, 1.165) is 29.8 Å². The van der Waals surface area contributed by atoms with E-state index in [0.29, 0.717) is 86.0 Å². The Hall–Kier alpha value is -7.50. The zero-order valence-electron chi connectivity index (χ0n) is 38.8. The first-order chi connectivity index (χ1) is 34.0. The zero-order chi connectivity index (χ0) is 53.0. The highest BCUT2D eigenvalue weighted by Crippen LogP contribution is 2.30. The van der Waals surface area contributed by atoms with Crippen molar-refractivity contribution in [2.75, 3.05) is 50.4 Å². The molecule has 0 spiro atoms. The number of phenolic OH excluding ortho intramolecular Hbond substituents is 1. The van der Waals surface area contributed by atoms with Crippen LogP contribution in [0.2, 0.25) is 0 Å². The predicted molar refractivity (Wildman–Crippen MR) is 253 cm³/mol. The van der Waals surface area contributed by atoms with Gasteiger partial charge in [-0.1, -0.05) is 66.7 Å². The number of carboxylic acid groups (broad SMARTS) is 2. The number of rotatable bonds is 17. The van der Waals surface area contributed by atoms with Gasteiger partial charge in [0.05, 0.1) is 17.3 Å². The molecule has 1 unspecified atom stereocenters. The number of ether oxygens (including phenoxy) is 1. The Morgan fingerprint density at radius 2 is 1.40 bits per heavy atom. The minimum Gasteiger partial charge on any atom is -0.506 e. The van der Waals surface area contributed by atoms with Crippen LogP contribution in [0.25, 0.3) is 22.0 Å². The molecule has 1 aliphatic heterocycles. The van der Waals surface area contributed by atoms with E-state index < -0.39 is 36.5 Å². The molecule has 6 rings (SSSR count). The van der Waals surface area contributed by atoms with Gasteiger partial charge in [0.1, 0.15) is 11.9 Å². The summed E-state index contributed by atoms with van der Waals surface area (Å²) in [6.45, 7) is 3.46. The molecule has 23 heteroatoms. The topological polar surface area (TPSA) is 251 Å². The number of aliphatic hydroxyl groups is 1. The molecule has 17 nitrogen and oxygen atoms in total. The number of aromatic nitrogens is 1. The van der Waals surface area contributed by atoms with Crippen molar-refractivity contribution in [3.8, 4) is 16.9 Å². The van der Waals surface area contributed by atoms with Crippen LogP contribution in [0, 0.1) is 0 Å². The van der Waals surface area contributed by atoms with E-state index in [4.69, 9.17) is 24.5 Å². The number of hydrogen-bond donors (Lipinski definition) is 8. The number of fused-ring (bicyclic) bond motifs is 1. The molecule has 1 atom stereocenters. The van der Waals surface area contributed by atoms with Crippen LogP contribution < -0.4 is 21.5 Å². The number of aliphatic carboxylic acids is 2. The first kappa shape index (κ1) is 57.1. The Labute approximate surface area is 408 Å². The summed E-state index contributed by atoms with van der Waals surface area (Å²) in [6, 6.07) is 31.1. The van der Waals surface area contributed by atoms with E-state index in [1.54, 1.807) is 24.1 Å². The number of carboxylic acids is 2. The molecule has 1 aromatic heterocycles. The molecule has 0 bridgehead atoms.